The lowest BCUT2D eigenvalue weighted by atomic mass is 10.1. The van der Waals surface area contributed by atoms with Crippen molar-refractivity contribution in [3.8, 4) is 11.1 Å². The summed E-state index contributed by atoms with van der Waals surface area (Å²) in [7, 11) is -3.73. The van der Waals surface area contributed by atoms with E-state index in [0.717, 1.165) is 23.3 Å². The van der Waals surface area contributed by atoms with Crippen molar-refractivity contribution in [1.29, 1.82) is 0 Å². The highest BCUT2D eigenvalue weighted by atomic mass is 32.2. The molecule has 0 atom stereocenters. The van der Waals surface area contributed by atoms with Crippen LogP contribution in [0.1, 0.15) is 20.8 Å². The molecule has 154 valence electrons. The van der Waals surface area contributed by atoms with Gasteiger partial charge >= 0.3 is 0 Å². The monoisotopic (exact) mass is 440 g/mol. The van der Waals surface area contributed by atoms with E-state index in [1.54, 1.807) is 5.38 Å². The van der Waals surface area contributed by atoms with E-state index in [-0.39, 0.29) is 9.77 Å². The summed E-state index contributed by atoms with van der Waals surface area (Å²) < 4.78 is 32.6. The molecule has 2 heterocycles. The predicted molar refractivity (Wildman–Crippen MR) is 117 cm³/mol. The number of carbonyl (C=O) groups excluding carboxylic acids is 1. The Labute approximate surface area is 179 Å². The first-order valence-corrected chi connectivity index (χ1v) is 12.0. The van der Waals surface area contributed by atoms with Crippen LogP contribution >= 0.6 is 11.3 Å². The number of ether oxygens (including phenoxy) is 1. The minimum absolute atomic E-state index is 0.0560. The average Bonchev–Trinajstić information content (AvgIpc) is 3.39. The molecule has 5 rings (SSSR count). The molecule has 1 amide bonds. The van der Waals surface area contributed by atoms with Crippen LogP contribution in [0.2, 0.25) is 0 Å². The number of benzene rings is 2. The third-order valence-electron chi connectivity index (χ3n) is 5.47. The van der Waals surface area contributed by atoms with Crippen LogP contribution in [0, 0.1) is 0 Å². The van der Waals surface area contributed by atoms with Crippen LogP contribution < -0.4 is 5.32 Å². The van der Waals surface area contributed by atoms with E-state index in [2.05, 4.69) is 17.4 Å². The minimum Gasteiger partial charge on any atom is -0.379 e. The molecule has 0 saturated carbocycles. The standard InChI is InChI=1S/C22H20N2O4S2/c25-22(21-20(7-12-29-21)30(26,27)24-8-10-28-11-9-24)23-17-5-6-19-16(14-17)13-15-3-1-2-4-18(15)19/h1-7,12,14H,8-11,13H2,(H,23,25). The van der Waals surface area contributed by atoms with Gasteiger partial charge in [-0.15, -0.1) is 11.3 Å². The Morgan fingerprint density at radius 3 is 2.60 bits per heavy atom. The zero-order valence-electron chi connectivity index (χ0n) is 16.1. The second-order valence-corrected chi connectivity index (χ2v) is 10.1. The minimum atomic E-state index is -3.73. The highest BCUT2D eigenvalue weighted by molar-refractivity contribution is 7.89. The van der Waals surface area contributed by atoms with Gasteiger partial charge in [0.2, 0.25) is 10.0 Å². The number of carbonyl (C=O) groups is 1. The summed E-state index contributed by atoms with van der Waals surface area (Å²) in [6.45, 7) is 1.32. The van der Waals surface area contributed by atoms with Crippen LogP contribution in [0.4, 0.5) is 5.69 Å². The number of fused-ring (bicyclic) bond motifs is 3. The Bertz CT molecular complexity index is 1230. The second kappa shape index (κ2) is 7.63. The maximum Gasteiger partial charge on any atom is 0.267 e. The van der Waals surface area contributed by atoms with Gasteiger partial charge in [0.25, 0.3) is 5.91 Å². The first-order valence-electron chi connectivity index (χ1n) is 9.72. The summed E-state index contributed by atoms with van der Waals surface area (Å²) in [5, 5.41) is 4.52. The van der Waals surface area contributed by atoms with Gasteiger partial charge in [-0.3, -0.25) is 4.79 Å². The van der Waals surface area contributed by atoms with E-state index in [4.69, 9.17) is 4.74 Å². The summed E-state index contributed by atoms with van der Waals surface area (Å²) >= 11 is 1.13. The van der Waals surface area contributed by atoms with E-state index in [1.165, 1.54) is 27.1 Å². The molecule has 2 aliphatic rings. The molecule has 2 aromatic carbocycles. The van der Waals surface area contributed by atoms with Crippen LogP contribution in [-0.2, 0) is 21.2 Å². The number of amides is 1. The first kappa shape index (κ1) is 19.4. The molecule has 0 spiro atoms. The molecule has 8 heteroatoms. The molecule has 1 aliphatic heterocycles. The zero-order valence-corrected chi connectivity index (χ0v) is 17.8. The van der Waals surface area contributed by atoms with Gasteiger partial charge in [-0.1, -0.05) is 30.3 Å². The van der Waals surface area contributed by atoms with Crippen LogP contribution in [0.3, 0.4) is 0 Å². The van der Waals surface area contributed by atoms with E-state index in [0.29, 0.717) is 32.0 Å². The third-order valence-corrected chi connectivity index (χ3v) is 8.46. The number of sulfonamides is 1. The fourth-order valence-electron chi connectivity index (χ4n) is 4.00. The summed E-state index contributed by atoms with van der Waals surface area (Å²) in [6, 6.07) is 15.6. The molecule has 1 aliphatic carbocycles. The van der Waals surface area contributed by atoms with Crippen molar-refractivity contribution in [3.05, 3.63) is 69.9 Å². The van der Waals surface area contributed by atoms with Crippen molar-refractivity contribution in [2.24, 2.45) is 0 Å². The number of nitrogens with zero attached hydrogens (tertiary/aromatic N) is 1. The number of thiophene rings is 1. The zero-order chi connectivity index (χ0) is 20.7. The molecule has 0 radical (unpaired) electrons. The van der Waals surface area contributed by atoms with Gasteiger partial charge in [0.1, 0.15) is 9.77 Å². The van der Waals surface area contributed by atoms with Gasteiger partial charge in [-0.05, 0) is 52.3 Å². The molecule has 1 aromatic heterocycles. The smallest absolute Gasteiger partial charge is 0.267 e. The van der Waals surface area contributed by atoms with Gasteiger partial charge in [0.15, 0.2) is 0 Å². The number of morpholine rings is 1. The average molecular weight is 441 g/mol. The molecule has 1 fully saturated rings. The predicted octanol–water partition coefficient (Wildman–Crippen LogP) is 3.59. The second-order valence-electron chi connectivity index (χ2n) is 7.29. The van der Waals surface area contributed by atoms with Crippen molar-refractivity contribution in [1.82, 2.24) is 4.31 Å². The number of nitrogens with one attached hydrogen (secondary N) is 1. The van der Waals surface area contributed by atoms with Gasteiger partial charge in [-0.2, -0.15) is 4.31 Å². The van der Waals surface area contributed by atoms with E-state index in [1.807, 2.05) is 30.3 Å². The largest absolute Gasteiger partial charge is 0.379 e. The summed E-state index contributed by atoms with van der Waals surface area (Å²) in [4.78, 5) is 13.2. The van der Waals surface area contributed by atoms with E-state index >= 15 is 0 Å². The first-order chi connectivity index (χ1) is 14.5. The van der Waals surface area contributed by atoms with Gasteiger partial charge < -0.3 is 10.1 Å². The third kappa shape index (κ3) is 3.35. The van der Waals surface area contributed by atoms with E-state index in [9.17, 15) is 13.2 Å². The maximum absolute atomic E-state index is 13.0. The highest BCUT2D eigenvalue weighted by Gasteiger charge is 2.31. The van der Waals surface area contributed by atoms with Crippen molar-refractivity contribution < 1.29 is 17.9 Å². The molecular formula is C22H20N2O4S2. The topological polar surface area (TPSA) is 75.7 Å². The lowest BCUT2D eigenvalue weighted by molar-refractivity contribution is 0.0730. The number of rotatable bonds is 4. The SMILES string of the molecule is O=C(Nc1ccc2c(c1)Cc1ccccc1-2)c1sccc1S(=O)(=O)N1CCOCC1. The highest BCUT2D eigenvalue weighted by Crippen LogP contribution is 2.37. The van der Waals surface area contributed by atoms with E-state index < -0.39 is 15.9 Å². The fourth-order valence-corrected chi connectivity index (χ4v) is 6.71. The Balaban J connectivity index is 1.39. The Kier molecular flexibility index (Phi) is 4.94. The van der Waals surface area contributed by atoms with Gasteiger partial charge in [0, 0.05) is 18.8 Å². The molecule has 30 heavy (non-hydrogen) atoms. The Morgan fingerprint density at radius 1 is 1.00 bits per heavy atom. The Morgan fingerprint density at radius 2 is 1.77 bits per heavy atom. The summed E-state index contributed by atoms with van der Waals surface area (Å²) in [5.74, 6) is -0.410. The quantitative estimate of drug-likeness (QED) is 0.526. The van der Waals surface area contributed by atoms with Crippen LogP contribution in [0.5, 0.6) is 0 Å². The van der Waals surface area contributed by atoms with Crippen molar-refractivity contribution >= 4 is 33.0 Å². The van der Waals surface area contributed by atoms with Crippen LogP contribution in [-0.4, -0.2) is 44.9 Å². The van der Waals surface area contributed by atoms with Crippen molar-refractivity contribution in [2.75, 3.05) is 31.6 Å². The molecule has 1 N–H and O–H groups in total. The fraction of sp³-hybridized carbons (Fsp3) is 0.227. The normalized spacial score (nSPS) is 16.1. The van der Waals surface area contributed by atoms with Crippen LogP contribution in [0.15, 0.2) is 58.8 Å². The van der Waals surface area contributed by atoms with Crippen LogP contribution in [0.25, 0.3) is 11.1 Å². The molecular weight excluding hydrogens is 420 g/mol. The maximum atomic E-state index is 13.0. The molecule has 0 bridgehead atoms. The summed E-state index contributed by atoms with van der Waals surface area (Å²) in [6.07, 6.45) is 0.824. The molecule has 0 unspecified atom stereocenters. The number of hydrogen-bond donors (Lipinski definition) is 1. The van der Waals surface area contributed by atoms with Crippen molar-refractivity contribution in [2.45, 2.75) is 11.3 Å². The summed E-state index contributed by atoms with van der Waals surface area (Å²) in [5.41, 5.74) is 5.49. The van der Waals surface area contributed by atoms with Crippen molar-refractivity contribution in [3.63, 3.8) is 0 Å². The molecule has 6 nitrogen and oxygen atoms in total. The number of hydrogen-bond acceptors (Lipinski definition) is 5. The lowest BCUT2D eigenvalue weighted by Gasteiger charge is -2.26. The van der Waals surface area contributed by atoms with Gasteiger partial charge in [0.05, 0.1) is 13.2 Å². The van der Waals surface area contributed by atoms with Gasteiger partial charge in [-0.25, -0.2) is 8.42 Å². The molecule has 3 aromatic rings. The number of anilines is 1. The Hall–Kier alpha value is -2.52. The lowest BCUT2D eigenvalue weighted by Crippen LogP contribution is -2.41. The molecule has 1 saturated heterocycles.